The number of hydrogen-bond donors (Lipinski definition) is 3. The van der Waals surface area contributed by atoms with Crippen LogP contribution in [0.5, 0.6) is 0 Å². The van der Waals surface area contributed by atoms with Crippen molar-refractivity contribution in [2.45, 2.75) is 4.90 Å². The van der Waals surface area contributed by atoms with Gasteiger partial charge in [-0.2, -0.15) is 0 Å². The van der Waals surface area contributed by atoms with Crippen LogP contribution in [0.1, 0.15) is 10.5 Å². The molecule has 0 aliphatic carbocycles. The molecule has 0 spiro atoms. The topological polar surface area (TPSA) is 99.3 Å². The van der Waals surface area contributed by atoms with Gasteiger partial charge in [-0.3, -0.25) is 4.72 Å². The molecule has 0 radical (unpaired) electrons. The number of nitrogens with one attached hydrogen (secondary N) is 2. The first kappa shape index (κ1) is 16.2. The number of carboxylic acids is 1. The zero-order valence-electron chi connectivity index (χ0n) is 13.4. The number of aromatic nitrogens is 1. The molecule has 0 saturated carbocycles. The number of benzene rings is 3. The first-order chi connectivity index (χ1) is 12.5. The highest BCUT2D eigenvalue weighted by Gasteiger charge is 2.24. The van der Waals surface area contributed by atoms with Crippen LogP contribution in [0.15, 0.2) is 71.6 Å². The number of carbonyl (C=O) groups is 1. The van der Waals surface area contributed by atoms with E-state index in [0.29, 0.717) is 16.3 Å². The lowest BCUT2D eigenvalue weighted by Crippen LogP contribution is -2.15. The summed E-state index contributed by atoms with van der Waals surface area (Å²) < 4.78 is 28.5. The number of hydrogen-bond acceptors (Lipinski definition) is 3. The van der Waals surface area contributed by atoms with Gasteiger partial charge in [0, 0.05) is 16.3 Å². The number of sulfonamides is 1. The van der Waals surface area contributed by atoms with Gasteiger partial charge in [-0.1, -0.05) is 54.6 Å². The summed E-state index contributed by atoms with van der Waals surface area (Å²) in [5.41, 5.74) is 0.372. The van der Waals surface area contributed by atoms with Gasteiger partial charge in [-0.15, -0.1) is 0 Å². The summed E-state index contributed by atoms with van der Waals surface area (Å²) in [6.07, 6.45) is 0. The van der Waals surface area contributed by atoms with Gasteiger partial charge in [0.1, 0.15) is 5.69 Å². The predicted molar refractivity (Wildman–Crippen MR) is 100 cm³/mol. The molecule has 0 aliphatic rings. The van der Waals surface area contributed by atoms with Crippen LogP contribution in [-0.4, -0.2) is 24.5 Å². The maximum absolute atomic E-state index is 13.0. The Morgan fingerprint density at radius 3 is 2.31 bits per heavy atom. The van der Waals surface area contributed by atoms with Gasteiger partial charge in [0.05, 0.1) is 10.6 Å². The fourth-order valence-corrected chi connectivity index (χ4v) is 4.35. The van der Waals surface area contributed by atoms with Crippen molar-refractivity contribution in [1.29, 1.82) is 0 Å². The molecule has 4 aromatic rings. The first-order valence-corrected chi connectivity index (χ1v) is 9.30. The van der Waals surface area contributed by atoms with Gasteiger partial charge >= 0.3 is 5.97 Å². The van der Waals surface area contributed by atoms with E-state index in [0.717, 1.165) is 5.39 Å². The molecule has 1 aromatic heterocycles. The molecule has 0 bridgehead atoms. The van der Waals surface area contributed by atoms with Gasteiger partial charge in [-0.05, 0) is 17.5 Å². The lowest BCUT2D eigenvalue weighted by atomic mass is 10.1. The van der Waals surface area contributed by atoms with E-state index < -0.39 is 16.0 Å². The third kappa shape index (κ3) is 2.58. The molecule has 0 aliphatic heterocycles. The fraction of sp³-hybridized carbons (Fsp3) is 0. The highest BCUT2D eigenvalue weighted by molar-refractivity contribution is 7.93. The molecule has 3 aromatic carbocycles. The highest BCUT2D eigenvalue weighted by atomic mass is 32.2. The molecular formula is C19H14N2O4S. The van der Waals surface area contributed by atoms with E-state index in [1.165, 1.54) is 6.07 Å². The second kappa shape index (κ2) is 5.89. The molecule has 6 nitrogen and oxygen atoms in total. The van der Waals surface area contributed by atoms with E-state index >= 15 is 0 Å². The normalized spacial score (nSPS) is 11.7. The second-order valence-electron chi connectivity index (χ2n) is 5.81. The number of aromatic amines is 1. The number of fused-ring (bicyclic) bond motifs is 2. The van der Waals surface area contributed by atoms with E-state index in [2.05, 4.69) is 9.71 Å². The number of carboxylic acid groups (broad SMARTS) is 1. The Morgan fingerprint density at radius 2 is 1.54 bits per heavy atom. The monoisotopic (exact) mass is 366 g/mol. The number of H-pyrrole nitrogens is 1. The summed E-state index contributed by atoms with van der Waals surface area (Å²) in [5, 5.41) is 11.3. The lowest BCUT2D eigenvalue weighted by Gasteiger charge is -2.11. The Hall–Kier alpha value is -3.32. The number of aromatic carboxylic acids is 1. The van der Waals surface area contributed by atoms with Crippen molar-refractivity contribution in [3.63, 3.8) is 0 Å². The van der Waals surface area contributed by atoms with Crippen LogP contribution < -0.4 is 4.72 Å². The summed E-state index contributed by atoms with van der Waals surface area (Å²) in [4.78, 5) is 14.4. The third-order valence-corrected chi connectivity index (χ3v) is 5.60. The van der Waals surface area contributed by atoms with Crippen LogP contribution in [0, 0.1) is 0 Å². The van der Waals surface area contributed by atoms with Crippen LogP contribution in [-0.2, 0) is 10.0 Å². The van der Waals surface area contributed by atoms with Crippen molar-refractivity contribution in [2.24, 2.45) is 0 Å². The third-order valence-electron chi connectivity index (χ3n) is 4.20. The quantitative estimate of drug-likeness (QED) is 0.511. The SMILES string of the molecule is O=C(O)c1[nH]c2ccccc2c1NS(=O)(=O)c1cccc2ccccc12. The molecule has 7 heteroatoms. The van der Waals surface area contributed by atoms with Crippen LogP contribution in [0.25, 0.3) is 21.7 Å². The Bertz CT molecular complexity index is 1250. The summed E-state index contributed by atoms with van der Waals surface area (Å²) in [7, 11) is -3.99. The average molecular weight is 366 g/mol. The molecule has 0 saturated heterocycles. The Balaban J connectivity index is 1.90. The molecule has 0 fully saturated rings. The zero-order chi connectivity index (χ0) is 18.3. The molecule has 1 heterocycles. The first-order valence-electron chi connectivity index (χ1n) is 7.82. The summed E-state index contributed by atoms with van der Waals surface area (Å²) in [6, 6.07) is 18.9. The smallest absolute Gasteiger partial charge is 0.354 e. The minimum atomic E-state index is -3.99. The molecule has 130 valence electrons. The van der Waals surface area contributed by atoms with Crippen molar-refractivity contribution < 1.29 is 18.3 Å². The van der Waals surface area contributed by atoms with Gasteiger partial charge < -0.3 is 10.1 Å². The van der Waals surface area contributed by atoms with E-state index in [1.807, 2.05) is 18.2 Å². The Kier molecular flexibility index (Phi) is 3.66. The van der Waals surface area contributed by atoms with Gasteiger partial charge in [0.25, 0.3) is 10.0 Å². The predicted octanol–water partition coefficient (Wildman–Crippen LogP) is 3.82. The molecule has 4 rings (SSSR count). The minimum absolute atomic E-state index is 0.0287. The van der Waals surface area contributed by atoms with E-state index in [9.17, 15) is 18.3 Å². The maximum Gasteiger partial charge on any atom is 0.354 e. The number of rotatable bonds is 4. The fourth-order valence-electron chi connectivity index (χ4n) is 3.03. The highest BCUT2D eigenvalue weighted by Crippen LogP contribution is 2.31. The van der Waals surface area contributed by atoms with Crippen LogP contribution in [0.3, 0.4) is 0 Å². The molecule has 26 heavy (non-hydrogen) atoms. The second-order valence-corrected chi connectivity index (χ2v) is 7.46. The van der Waals surface area contributed by atoms with Gasteiger partial charge in [-0.25, -0.2) is 13.2 Å². The zero-order valence-corrected chi connectivity index (χ0v) is 14.2. The van der Waals surface area contributed by atoms with Crippen LogP contribution >= 0.6 is 0 Å². The Labute approximate surface area is 149 Å². The van der Waals surface area contributed by atoms with Gasteiger partial charge in [0.15, 0.2) is 0 Å². The molecule has 3 N–H and O–H groups in total. The van der Waals surface area contributed by atoms with Crippen LogP contribution in [0.2, 0.25) is 0 Å². The molecule has 0 amide bonds. The lowest BCUT2D eigenvalue weighted by molar-refractivity contribution is 0.0692. The summed E-state index contributed by atoms with van der Waals surface area (Å²) in [6.45, 7) is 0. The molecule has 0 atom stereocenters. The standard InChI is InChI=1S/C19H14N2O4S/c22-19(23)18-17(14-9-3-4-10-15(14)20-18)21-26(24,25)16-11-5-7-12-6-1-2-8-13(12)16/h1-11,20-21H,(H,22,23). The van der Waals surface area contributed by atoms with Crippen molar-refractivity contribution in [1.82, 2.24) is 4.98 Å². The van der Waals surface area contributed by atoms with Crippen molar-refractivity contribution in [2.75, 3.05) is 4.72 Å². The number of anilines is 1. The van der Waals surface area contributed by atoms with E-state index in [4.69, 9.17) is 0 Å². The van der Waals surface area contributed by atoms with Gasteiger partial charge in [0.2, 0.25) is 0 Å². The minimum Gasteiger partial charge on any atom is -0.477 e. The van der Waals surface area contributed by atoms with E-state index in [1.54, 1.807) is 42.5 Å². The van der Waals surface area contributed by atoms with Crippen molar-refractivity contribution in [3.05, 3.63) is 72.4 Å². The van der Waals surface area contributed by atoms with Crippen LogP contribution in [0.4, 0.5) is 5.69 Å². The van der Waals surface area contributed by atoms with E-state index in [-0.39, 0.29) is 16.3 Å². The summed E-state index contributed by atoms with van der Waals surface area (Å²) in [5.74, 6) is -1.24. The van der Waals surface area contributed by atoms with Crippen molar-refractivity contribution in [3.8, 4) is 0 Å². The average Bonchev–Trinajstić information content (AvgIpc) is 2.99. The Morgan fingerprint density at radius 1 is 0.885 bits per heavy atom. The molecule has 0 unspecified atom stereocenters. The molecular weight excluding hydrogens is 352 g/mol. The largest absolute Gasteiger partial charge is 0.477 e. The van der Waals surface area contributed by atoms with Crippen molar-refractivity contribution >= 4 is 43.4 Å². The number of para-hydroxylation sites is 1. The maximum atomic E-state index is 13.0. The summed E-state index contributed by atoms with van der Waals surface area (Å²) >= 11 is 0.